The number of rotatable bonds is 3. The van der Waals surface area contributed by atoms with E-state index in [0.29, 0.717) is 0 Å². The van der Waals surface area contributed by atoms with Crippen molar-refractivity contribution in [2.24, 2.45) is 0 Å². The molecule has 3 aromatic rings. The van der Waals surface area contributed by atoms with Gasteiger partial charge < -0.3 is 4.74 Å². The quantitative estimate of drug-likeness (QED) is 0.393. The second-order valence-corrected chi connectivity index (χ2v) is 4.03. The van der Waals surface area contributed by atoms with Gasteiger partial charge in [0, 0.05) is 0 Å². The van der Waals surface area contributed by atoms with Crippen molar-refractivity contribution in [1.82, 2.24) is 0 Å². The third-order valence-corrected chi connectivity index (χ3v) is 2.82. The van der Waals surface area contributed by atoms with E-state index in [1.165, 1.54) is 10.8 Å². The molecule has 0 bridgehead atoms. The van der Waals surface area contributed by atoms with Gasteiger partial charge in [-0.3, -0.25) is 0 Å². The normalized spacial score (nSPS) is 9.20. The molecule has 0 atom stereocenters. The number of benzene rings is 3. The fraction of sp³-hybridized carbons (Fsp3) is 0. The van der Waals surface area contributed by atoms with Crippen LogP contribution in [0.4, 0.5) is 0 Å². The Bertz CT molecular complexity index is 648. The summed E-state index contributed by atoms with van der Waals surface area (Å²) in [5.74, 6) is 0.727. The van der Waals surface area contributed by atoms with Gasteiger partial charge in [-0.25, -0.2) is 0 Å². The molecule has 3 rings (SSSR count). The third-order valence-electron chi connectivity index (χ3n) is 2.82. The summed E-state index contributed by atoms with van der Waals surface area (Å²) in [5, 5.41) is 2.41. The van der Waals surface area contributed by atoms with Crippen LogP contribution in [0.1, 0.15) is 5.56 Å². The van der Waals surface area contributed by atoms with Crippen molar-refractivity contribution in [3.05, 3.63) is 85.0 Å². The molecular formula is C17H12Li2O. The van der Waals surface area contributed by atoms with Crippen LogP contribution < -0.4 is 42.5 Å². The van der Waals surface area contributed by atoms with Crippen LogP contribution in [0.5, 0.6) is 5.75 Å². The molecule has 0 unspecified atom stereocenters. The van der Waals surface area contributed by atoms with Gasteiger partial charge in [-0.15, -0.1) is 35.2 Å². The van der Waals surface area contributed by atoms with Gasteiger partial charge in [-0.05, 0) is 12.4 Å². The van der Waals surface area contributed by atoms with Gasteiger partial charge in [0.05, 0.1) is 0 Å². The van der Waals surface area contributed by atoms with Crippen molar-refractivity contribution in [2.75, 3.05) is 0 Å². The van der Waals surface area contributed by atoms with Crippen LogP contribution in [-0.4, -0.2) is 0 Å². The first-order valence-electron chi connectivity index (χ1n) is 5.88. The van der Waals surface area contributed by atoms with Crippen LogP contribution >= 0.6 is 0 Å². The molecule has 20 heavy (non-hydrogen) atoms. The van der Waals surface area contributed by atoms with Crippen molar-refractivity contribution in [3.63, 3.8) is 0 Å². The molecular weight excluding hydrogens is 234 g/mol. The van der Waals surface area contributed by atoms with Crippen LogP contribution in [-0.2, 0) is 0 Å². The molecule has 0 aliphatic carbocycles. The van der Waals surface area contributed by atoms with E-state index in [4.69, 9.17) is 4.74 Å². The SMILES string of the molecule is [Li+].[Li+].[c-]1ccccc1O[CH-]c1cccc2ccccc12. The molecule has 3 aromatic carbocycles. The topological polar surface area (TPSA) is 9.23 Å². The zero-order valence-electron chi connectivity index (χ0n) is 11.8. The Balaban J connectivity index is 0.000001000. The Kier molecular flexibility index (Phi) is 6.87. The van der Waals surface area contributed by atoms with E-state index in [2.05, 4.69) is 24.3 Å². The Morgan fingerprint density at radius 1 is 0.800 bits per heavy atom. The number of hydrogen-bond donors (Lipinski definition) is 0. The zero-order chi connectivity index (χ0) is 12.2. The summed E-state index contributed by atoms with van der Waals surface area (Å²) >= 11 is 0. The van der Waals surface area contributed by atoms with Gasteiger partial charge in [0.15, 0.2) is 0 Å². The van der Waals surface area contributed by atoms with E-state index in [0.717, 1.165) is 11.3 Å². The second kappa shape index (κ2) is 8.16. The predicted octanol–water partition coefficient (Wildman–Crippen LogP) is -1.76. The smallest absolute Gasteiger partial charge is 0.548 e. The maximum Gasteiger partial charge on any atom is 1.00 e. The number of hydrogen-bond acceptors (Lipinski definition) is 1. The van der Waals surface area contributed by atoms with Crippen LogP contribution in [0.3, 0.4) is 0 Å². The average molecular weight is 246 g/mol. The minimum atomic E-state index is 0. The van der Waals surface area contributed by atoms with Crippen molar-refractivity contribution in [1.29, 1.82) is 0 Å². The Morgan fingerprint density at radius 2 is 1.55 bits per heavy atom. The molecule has 0 N–H and O–H groups in total. The van der Waals surface area contributed by atoms with Crippen LogP contribution in [0, 0.1) is 12.7 Å². The molecule has 0 saturated carbocycles. The molecule has 0 radical (unpaired) electrons. The fourth-order valence-electron chi connectivity index (χ4n) is 1.93. The summed E-state index contributed by atoms with van der Waals surface area (Å²) in [6.45, 7) is 1.77. The summed E-state index contributed by atoms with van der Waals surface area (Å²) in [5.41, 5.74) is 1.07. The van der Waals surface area contributed by atoms with E-state index in [-0.39, 0.29) is 37.7 Å². The summed E-state index contributed by atoms with van der Waals surface area (Å²) < 4.78 is 5.62. The largest absolute Gasteiger partial charge is 1.00 e. The van der Waals surface area contributed by atoms with Gasteiger partial charge in [0.25, 0.3) is 0 Å². The third kappa shape index (κ3) is 3.89. The van der Waals surface area contributed by atoms with E-state index >= 15 is 0 Å². The Morgan fingerprint density at radius 3 is 2.35 bits per heavy atom. The Labute approximate surface area is 143 Å². The van der Waals surface area contributed by atoms with E-state index in [1.54, 1.807) is 6.61 Å². The van der Waals surface area contributed by atoms with Gasteiger partial charge in [0.1, 0.15) is 0 Å². The van der Waals surface area contributed by atoms with Crippen LogP contribution in [0.15, 0.2) is 66.7 Å². The zero-order valence-corrected chi connectivity index (χ0v) is 11.8. The molecule has 0 spiro atoms. The van der Waals surface area contributed by atoms with Gasteiger partial charge in [0.2, 0.25) is 0 Å². The molecule has 0 aliphatic rings. The summed E-state index contributed by atoms with van der Waals surface area (Å²) in [7, 11) is 0. The monoisotopic (exact) mass is 246 g/mol. The first-order valence-corrected chi connectivity index (χ1v) is 5.88. The summed E-state index contributed by atoms with van der Waals surface area (Å²) in [6, 6.07) is 25.1. The van der Waals surface area contributed by atoms with Gasteiger partial charge in [-0.2, -0.15) is 24.3 Å². The molecule has 3 heteroatoms. The average Bonchev–Trinajstić information content (AvgIpc) is 2.46. The maximum absolute atomic E-state index is 5.62. The first-order chi connectivity index (χ1) is 8.93. The van der Waals surface area contributed by atoms with Gasteiger partial charge >= 0.3 is 37.7 Å². The molecule has 1 nitrogen and oxygen atoms in total. The van der Waals surface area contributed by atoms with Crippen molar-refractivity contribution in [3.8, 4) is 5.75 Å². The molecule has 0 aliphatic heterocycles. The second-order valence-electron chi connectivity index (χ2n) is 4.03. The molecule has 0 amide bonds. The van der Waals surface area contributed by atoms with Gasteiger partial charge in [-0.1, -0.05) is 29.7 Å². The van der Waals surface area contributed by atoms with E-state index in [1.807, 2.05) is 48.5 Å². The number of ether oxygens (including phenoxy) is 1. The molecule has 0 fully saturated rings. The minimum Gasteiger partial charge on any atom is -0.548 e. The summed E-state index contributed by atoms with van der Waals surface area (Å²) in [4.78, 5) is 0. The first kappa shape index (κ1) is 16.8. The standard InChI is InChI=1S/C17H12O.2Li/c1-2-10-16(11-3-1)18-13-15-9-6-8-14-7-4-5-12-17(14)15;;/h1-10,12-13H;;/q-2;2*+1. The predicted molar refractivity (Wildman–Crippen MR) is 73.3 cm³/mol. The number of para-hydroxylation sites is 1. The maximum atomic E-state index is 5.62. The summed E-state index contributed by atoms with van der Waals surface area (Å²) in [6.07, 6.45) is 0. The molecule has 0 saturated heterocycles. The van der Waals surface area contributed by atoms with Crippen molar-refractivity contribution in [2.45, 2.75) is 0 Å². The fourth-order valence-corrected chi connectivity index (χ4v) is 1.93. The van der Waals surface area contributed by atoms with Crippen molar-refractivity contribution < 1.29 is 42.5 Å². The van der Waals surface area contributed by atoms with E-state index < -0.39 is 0 Å². The number of fused-ring (bicyclic) bond motifs is 1. The van der Waals surface area contributed by atoms with Crippen LogP contribution in [0.25, 0.3) is 10.8 Å². The molecule has 88 valence electrons. The molecule has 0 aromatic heterocycles. The minimum absolute atomic E-state index is 0. The van der Waals surface area contributed by atoms with E-state index in [9.17, 15) is 0 Å². The molecule has 0 heterocycles. The van der Waals surface area contributed by atoms with Crippen LogP contribution in [0.2, 0.25) is 0 Å². The Hall–Kier alpha value is -1.22. The van der Waals surface area contributed by atoms with Crippen molar-refractivity contribution >= 4 is 10.8 Å².